The summed E-state index contributed by atoms with van der Waals surface area (Å²) in [7, 11) is 0. The van der Waals surface area contributed by atoms with Crippen molar-refractivity contribution in [1.82, 2.24) is 0 Å². The molecule has 0 bridgehead atoms. The van der Waals surface area contributed by atoms with Crippen LogP contribution in [0.4, 0.5) is 0 Å². The van der Waals surface area contributed by atoms with E-state index in [2.05, 4.69) is 20.1 Å². The maximum atomic E-state index is 4.06. The van der Waals surface area contributed by atoms with E-state index in [1.54, 1.807) is 0 Å². The van der Waals surface area contributed by atoms with Crippen molar-refractivity contribution in [3.63, 3.8) is 0 Å². The molecule has 0 aliphatic heterocycles. The van der Waals surface area contributed by atoms with Crippen molar-refractivity contribution in [1.29, 1.82) is 0 Å². The lowest BCUT2D eigenvalue weighted by molar-refractivity contribution is 0.696. The fraction of sp³-hybridized carbons (Fsp3) is 0.667. The van der Waals surface area contributed by atoms with Gasteiger partial charge in [-0.2, -0.15) is 0 Å². The van der Waals surface area contributed by atoms with Crippen molar-refractivity contribution in [3.8, 4) is 0 Å². The van der Waals surface area contributed by atoms with Crippen LogP contribution >= 0.6 is 0 Å². The summed E-state index contributed by atoms with van der Waals surface area (Å²) in [5.74, 6) is 0. The summed E-state index contributed by atoms with van der Waals surface area (Å²) in [5.41, 5.74) is 1.43. The molecule has 0 unspecified atom stereocenters. The van der Waals surface area contributed by atoms with Gasteiger partial charge in [-0.25, -0.2) is 0 Å². The number of rotatable bonds is 8. The van der Waals surface area contributed by atoms with Gasteiger partial charge in [0.25, 0.3) is 0 Å². The summed E-state index contributed by atoms with van der Waals surface area (Å²) < 4.78 is 0. The first-order valence-electron chi connectivity index (χ1n) is 5.08. The van der Waals surface area contributed by atoms with E-state index >= 15 is 0 Å². The van der Waals surface area contributed by atoms with E-state index in [4.69, 9.17) is 0 Å². The largest absolute Gasteiger partial charge is 0.103 e. The molecule has 0 aliphatic carbocycles. The van der Waals surface area contributed by atoms with Gasteiger partial charge in [0.2, 0.25) is 0 Å². The molecule has 0 nitrogen and oxygen atoms in total. The molecule has 0 aromatic rings. The second-order valence-corrected chi connectivity index (χ2v) is 3.39. The molecule has 0 aliphatic rings. The van der Waals surface area contributed by atoms with Crippen molar-refractivity contribution in [2.45, 2.75) is 51.9 Å². The third-order valence-electron chi connectivity index (χ3n) is 2.07. The van der Waals surface area contributed by atoms with Crippen LogP contribution in [0.5, 0.6) is 0 Å². The minimum Gasteiger partial charge on any atom is -0.103 e. The highest BCUT2D eigenvalue weighted by Gasteiger charge is 1.93. The summed E-state index contributed by atoms with van der Waals surface area (Å²) in [5, 5.41) is 0. The van der Waals surface area contributed by atoms with Gasteiger partial charge >= 0.3 is 0 Å². The van der Waals surface area contributed by atoms with Crippen molar-refractivity contribution >= 4 is 0 Å². The first kappa shape index (κ1) is 11.5. The van der Waals surface area contributed by atoms with Crippen LogP contribution in [-0.4, -0.2) is 0 Å². The normalized spacial score (nSPS) is 9.75. The van der Waals surface area contributed by atoms with Crippen LogP contribution in [0.25, 0.3) is 0 Å². The van der Waals surface area contributed by atoms with E-state index in [1.165, 1.54) is 44.1 Å². The highest BCUT2D eigenvalue weighted by molar-refractivity contribution is 4.93. The minimum absolute atomic E-state index is 1.15. The number of allylic oxidation sites excluding steroid dienone is 2. The molecule has 0 N–H and O–H groups in total. The van der Waals surface area contributed by atoms with Crippen molar-refractivity contribution in [2.75, 3.05) is 0 Å². The summed E-state index contributed by atoms with van der Waals surface area (Å²) in [4.78, 5) is 0. The molecule has 0 heteroatoms. The van der Waals surface area contributed by atoms with Gasteiger partial charge in [0.1, 0.15) is 0 Å². The SMILES string of the molecule is C=CCCCCC(=C)CCCC. The van der Waals surface area contributed by atoms with Gasteiger partial charge in [0.05, 0.1) is 0 Å². The van der Waals surface area contributed by atoms with Crippen molar-refractivity contribution < 1.29 is 0 Å². The quantitative estimate of drug-likeness (QED) is 0.368. The third kappa shape index (κ3) is 7.59. The zero-order chi connectivity index (χ0) is 9.23. The molecule has 0 amide bonds. The van der Waals surface area contributed by atoms with E-state index < -0.39 is 0 Å². The van der Waals surface area contributed by atoms with Gasteiger partial charge in [0, 0.05) is 0 Å². The van der Waals surface area contributed by atoms with Crippen LogP contribution in [0.3, 0.4) is 0 Å². The smallest absolute Gasteiger partial charge is 0.0323 e. The highest BCUT2D eigenvalue weighted by Crippen LogP contribution is 2.13. The molecule has 0 heterocycles. The molecular formula is C12H22. The van der Waals surface area contributed by atoms with Gasteiger partial charge in [-0.15, -0.1) is 6.58 Å². The minimum atomic E-state index is 1.15. The van der Waals surface area contributed by atoms with Crippen LogP contribution in [0.15, 0.2) is 24.8 Å². The summed E-state index contributed by atoms with van der Waals surface area (Å²) in [6, 6.07) is 0. The average molecular weight is 166 g/mol. The Morgan fingerprint density at radius 1 is 1.17 bits per heavy atom. The Labute approximate surface area is 77.4 Å². The second-order valence-electron chi connectivity index (χ2n) is 3.39. The number of unbranched alkanes of at least 4 members (excludes halogenated alkanes) is 3. The fourth-order valence-electron chi connectivity index (χ4n) is 1.22. The van der Waals surface area contributed by atoms with Crippen LogP contribution in [-0.2, 0) is 0 Å². The molecule has 0 aromatic heterocycles. The molecule has 0 fully saturated rings. The van der Waals surface area contributed by atoms with Gasteiger partial charge in [-0.3, -0.25) is 0 Å². The Bertz CT molecular complexity index is 122. The van der Waals surface area contributed by atoms with Crippen molar-refractivity contribution in [2.24, 2.45) is 0 Å². The Hall–Kier alpha value is -0.520. The monoisotopic (exact) mass is 166 g/mol. The highest BCUT2D eigenvalue weighted by atomic mass is 14.0. The zero-order valence-corrected chi connectivity index (χ0v) is 8.44. The predicted octanol–water partition coefficient (Wildman–Crippen LogP) is 4.48. The molecule has 0 saturated carbocycles. The third-order valence-corrected chi connectivity index (χ3v) is 2.07. The lowest BCUT2D eigenvalue weighted by Crippen LogP contribution is -1.83. The van der Waals surface area contributed by atoms with Crippen LogP contribution in [0.2, 0.25) is 0 Å². The standard InChI is InChI=1S/C12H22/c1-4-6-8-9-11-12(3)10-7-5-2/h4H,1,3,5-11H2,2H3. The Kier molecular flexibility index (Phi) is 8.20. The average Bonchev–Trinajstić information content (AvgIpc) is 2.09. The molecule has 0 rings (SSSR count). The summed E-state index contributed by atoms with van der Waals surface area (Å²) in [6.07, 6.45) is 10.7. The maximum absolute atomic E-state index is 4.06. The van der Waals surface area contributed by atoms with E-state index in [1.807, 2.05) is 6.08 Å². The molecule has 70 valence electrons. The molecule has 0 saturated heterocycles. The van der Waals surface area contributed by atoms with E-state index in [-0.39, 0.29) is 0 Å². The number of hydrogen-bond donors (Lipinski definition) is 0. The lowest BCUT2D eigenvalue weighted by atomic mass is 10.0. The summed E-state index contributed by atoms with van der Waals surface area (Å²) >= 11 is 0. The topological polar surface area (TPSA) is 0 Å². The van der Waals surface area contributed by atoms with Gasteiger partial charge in [-0.05, 0) is 38.5 Å². The van der Waals surface area contributed by atoms with E-state index in [9.17, 15) is 0 Å². The number of hydrogen-bond acceptors (Lipinski definition) is 0. The van der Waals surface area contributed by atoms with Gasteiger partial charge in [-0.1, -0.05) is 31.6 Å². The first-order chi connectivity index (χ1) is 5.81. The van der Waals surface area contributed by atoms with Crippen LogP contribution < -0.4 is 0 Å². The zero-order valence-electron chi connectivity index (χ0n) is 8.44. The Balaban J connectivity index is 3.13. The summed E-state index contributed by atoms with van der Waals surface area (Å²) in [6.45, 7) is 10.00. The van der Waals surface area contributed by atoms with Crippen molar-refractivity contribution in [3.05, 3.63) is 24.8 Å². The molecular weight excluding hydrogens is 144 g/mol. The predicted molar refractivity (Wildman–Crippen MR) is 57.3 cm³/mol. The molecule has 0 aromatic carbocycles. The van der Waals surface area contributed by atoms with Crippen LogP contribution in [0, 0.1) is 0 Å². The van der Waals surface area contributed by atoms with Crippen LogP contribution in [0.1, 0.15) is 51.9 Å². The molecule has 12 heavy (non-hydrogen) atoms. The van der Waals surface area contributed by atoms with E-state index in [0.29, 0.717) is 0 Å². The van der Waals surface area contributed by atoms with E-state index in [0.717, 1.165) is 6.42 Å². The van der Waals surface area contributed by atoms with Gasteiger partial charge < -0.3 is 0 Å². The molecule has 0 spiro atoms. The maximum Gasteiger partial charge on any atom is -0.0323 e. The fourth-order valence-corrected chi connectivity index (χ4v) is 1.22. The second kappa shape index (κ2) is 8.58. The molecule has 0 atom stereocenters. The Morgan fingerprint density at radius 3 is 2.42 bits per heavy atom. The van der Waals surface area contributed by atoms with Gasteiger partial charge in [0.15, 0.2) is 0 Å². The Morgan fingerprint density at radius 2 is 1.83 bits per heavy atom. The molecule has 0 radical (unpaired) electrons. The lowest BCUT2D eigenvalue weighted by Gasteiger charge is -2.03. The first-order valence-corrected chi connectivity index (χ1v) is 5.08.